The maximum Gasteiger partial charge on any atom is 0.357 e. The summed E-state index contributed by atoms with van der Waals surface area (Å²) in [5.41, 5.74) is 2.37. The molecular weight excluding hydrogens is 336 g/mol. The van der Waals surface area contributed by atoms with Crippen molar-refractivity contribution in [2.24, 2.45) is 0 Å². The molecule has 6 heteroatoms. The molecule has 3 rings (SSSR count). The van der Waals surface area contributed by atoms with Crippen molar-refractivity contribution in [3.05, 3.63) is 71.2 Å². The second-order valence-electron chi connectivity index (χ2n) is 5.16. The fourth-order valence-electron chi connectivity index (χ4n) is 2.23. The topological polar surface area (TPSA) is 68.3 Å². The number of hydrogen-bond acceptors (Lipinski definition) is 5. The van der Waals surface area contributed by atoms with Crippen LogP contribution in [0.25, 0.3) is 10.6 Å². The Morgan fingerprint density at radius 2 is 1.92 bits per heavy atom. The van der Waals surface area contributed by atoms with Crippen LogP contribution in [0.4, 0.5) is 5.69 Å². The molecule has 1 heterocycles. The van der Waals surface area contributed by atoms with E-state index in [-0.39, 0.29) is 5.91 Å². The Hall–Kier alpha value is -2.99. The summed E-state index contributed by atoms with van der Waals surface area (Å²) in [5.74, 6) is -0.609. The van der Waals surface area contributed by atoms with Gasteiger partial charge in [-0.1, -0.05) is 30.3 Å². The minimum atomic E-state index is -0.432. The third-order valence-corrected chi connectivity index (χ3v) is 4.28. The molecule has 0 saturated heterocycles. The number of benzene rings is 2. The number of rotatable bonds is 5. The van der Waals surface area contributed by atoms with E-state index in [1.165, 1.54) is 11.3 Å². The van der Waals surface area contributed by atoms with Gasteiger partial charge in [-0.15, -0.1) is 11.3 Å². The molecule has 126 valence electrons. The van der Waals surface area contributed by atoms with Crippen molar-refractivity contribution in [2.75, 3.05) is 11.9 Å². The number of anilines is 1. The molecule has 0 atom stereocenters. The van der Waals surface area contributed by atoms with Crippen LogP contribution in [0.1, 0.15) is 27.8 Å². The van der Waals surface area contributed by atoms with E-state index in [0.717, 1.165) is 5.56 Å². The normalized spacial score (nSPS) is 10.3. The Morgan fingerprint density at radius 3 is 2.68 bits per heavy atom. The van der Waals surface area contributed by atoms with Crippen molar-refractivity contribution in [2.45, 2.75) is 6.92 Å². The van der Waals surface area contributed by atoms with Crippen LogP contribution in [0.5, 0.6) is 0 Å². The highest BCUT2D eigenvalue weighted by Gasteiger charge is 2.13. The van der Waals surface area contributed by atoms with Crippen LogP contribution in [0.3, 0.4) is 0 Å². The first-order valence-corrected chi connectivity index (χ1v) is 8.65. The van der Waals surface area contributed by atoms with Crippen molar-refractivity contribution >= 4 is 28.9 Å². The standard InChI is InChI=1S/C19H16N2O3S/c1-2-24-19(23)16-12-25-18(21-16)14-9-6-10-15(11-14)20-17(22)13-7-4-3-5-8-13/h3-12H,2H2,1H3,(H,20,22). The monoisotopic (exact) mass is 352 g/mol. The first-order chi connectivity index (χ1) is 12.2. The molecule has 0 unspecified atom stereocenters. The SMILES string of the molecule is CCOC(=O)c1csc(-c2cccc(NC(=O)c3ccccc3)c2)n1. The summed E-state index contributed by atoms with van der Waals surface area (Å²) >= 11 is 1.36. The molecule has 1 amide bonds. The quantitative estimate of drug-likeness (QED) is 0.698. The maximum absolute atomic E-state index is 12.2. The number of amides is 1. The highest BCUT2D eigenvalue weighted by molar-refractivity contribution is 7.13. The average molecular weight is 352 g/mol. The van der Waals surface area contributed by atoms with Crippen LogP contribution in [0.2, 0.25) is 0 Å². The molecule has 0 aliphatic carbocycles. The molecular formula is C19H16N2O3S. The zero-order valence-corrected chi connectivity index (χ0v) is 14.4. The van der Waals surface area contributed by atoms with Crippen molar-refractivity contribution in [3.8, 4) is 10.6 Å². The lowest BCUT2D eigenvalue weighted by molar-refractivity contribution is 0.0520. The molecule has 5 nitrogen and oxygen atoms in total. The van der Waals surface area contributed by atoms with E-state index < -0.39 is 5.97 Å². The van der Waals surface area contributed by atoms with E-state index in [9.17, 15) is 9.59 Å². The molecule has 1 aromatic heterocycles. The summed E-state index contributed by atoms with van der Waals surface area (Å²) in [4.78, 5) is 28.3. The summed E-state index contributed by atoms with van der Waals surface area (Å²) in [5, 5.41) is 5.23. The van der Waals surface area contributed by atoms with Crippen LogP contribution in [0, 0.1) is 0 Å². The minimum Gasteiger partial charge on any atom is -0.461 e. The predicted molar refractivity (Wildman–Crippen MR) is 97.9 cm³/mol. The second-order valence-corrected chi connectivity index (χ2v) is 6.02. The van der Waals surface area contributed by atoms with Crippen LogP contribution in [-0.2, 0) is 4.74 Å². The van der Waals surface area contributed by atoms with Gasteiger partial charge in [-0.2, -0.15) is 0 Å². The minimum absolute atomic E-state index is 0.177. The predicted octanol–water partition coefficient (Wildman–Crippen LogP) is 4.24. The van der Waals surface area contributed by atoms with Crippen molar-refractivity contribution in [1.29, 1.82) is 0 Å². The number of esters is 1. The molecule has 0 aliphatic heterocycles. The highest BCUT2D eigenvalue weighted by atomic mass is 32.1. The number of carbonyl (C=O) groups is 2. The van der Waals surface area contributed by atoms with Crippen LogP contribution in [0.15, 0.2) is 60.0 Å². The summed E-state index contributed by atoms with van der Waals surface area (Å²) < 4.78 is 4.95. The van der Waals surface area contributed by atoms with Gasteiger partial charge in [0.25, 0.3) is 5.91 Å². The fraction of sp³-hybridized carbons (Fsp3) is 0.105. The molecule has 0 bridgehead atoms. The Morgan fingerprint density at radius 1 is 1.12 bits per heavy atom. The zero-order valence-electron chi connectivity index (χ0n) is 13.6. The summed E-state index contributed by atoms with van der Waals surface area (Å²) in [6.45, 7) is 2.07. The van der Waals surface area contributed by atoms with Gasteiger partial charge < -0.3 is 10.1 Å². The van der Waals surface area contributed by atoms with Crippen LogP contribution in [-0.4, -0.2) is 23.5 Å². The van der Waals surface area contributed by atoms with Crippen LogP contribution >= 0.6 is 11.3 Å². The third-order valence-electron chi connectivity index (χ3n) is 3.39. The smallest absolute Gasteiger partial charge is 0.357 e. The zero-order chi connectivity index (χ0) is 17.6. The first kappa shape index (κ1) is 16.9. The lowest BCUT2D eigenvalue weighted by atomic mass is 10.2. The summed E-state index contributed by atoms with van der Waals surface area (Å²) in [7, 11) is 0. The van der Waals surface area contributed by atoms with Gasteiger partial charge in [0.2, 0.25) is 0 Å². The van der Waals surface area contributed by atoms with Gasteiger partial charge in [0.1, 0.15) is 5.01 Å². The van der Waals surface area contributed by atoms with E-state index >= 15 is 0 Å². The molecule has 2 aromatic carbocycles. The first-order valence-electron chi connectivity index (χ1n) is 7.77. The number of carbonyl (C=O) groups excluding carboxylic acids is 2. The number of thiazole rings is 1. The molecule has 25 heavy (non-hydrogen) atoms. The van der Waals surface area contributed by atoms with E-state index in [0.29, 0.717) is 28.6 Å². The largest absolute Gasteiger partial charge is 0.461 e. The van der Waals surface area contributed by atoms with E-state index in [2.05, 4.69) is 10.3 Å². The second kappa shape index (κ2) is 7.72. The fourth-order valence-corrected chi connectivity index (χ4v) is 3.01. The van der Waals surface area contributed by atoms with Crippen molar-refractivity contribution < 1.29 is 14.3 Å². The Balaban J connectivity index is 1.78. The average Bonchev–Trinajstić information content (AvgIpc) is 3.13. The lowest BCUT2D eigenvalue weighted by Gasteiger charge is -2.06. The van der Waals surface area contributed by atoms with Gasteiger partial charge >= 0.3 is 5.97 Å². The van der Waals surface area contributed by atoms with E-state index in [1.807, 2.05) is 42.5 Å². The van der Waals surface area contributed by atoms with Gasteiger partial charge in [-0.3, -0.25) is 4.79 Å². The van der Waals surface area contributed by atoms with Gasteiger partial charge in [0.15, 0.2) is 5.69 Å². The molecule has 0 radical (unpaired) electrons. The van der Waals surface area contributed by atoms with Crippen molar-refractivity contribution in [1.82, 2.24) is 4.98 Å². The Labute approximate surface area is 149 Å². The highest BCUT2D eigenvalue weighted by Crippen LogP contribution is 2.26. The van der Waals surface area contributed by atoms with Gasteiger partial charge in [0.05, 0.1) is 6.61 Å². The number of nitrogens with one attached hydrogen (secondary N) is 1. The van der Waals surface area contributed by atoms with E-state index in [1.54, 1.807) is 24.4 Å². The third kappa shape index (κ3) is 4.10. The summed E-state index contributed by atoms with van der Waals surface area (Å²) in [6, 6.07) is 16.4. The molecule has 0 spiro atoms. The van der Waals surface area contributed by atoms with Gasteiger partial charge in [-0.05, 0) is 31.2 Å². The molecule has 0 saturated carbocycles. The maximum atomic E-state index is 12.2. The number of ether oxygens (including phenoxy) is 1. The van der Waals surface area contributed by atoms with Gasteiger partial charge in [-0.25, -0.2) is 9.78 Å². The number of nitrogens with zero attached hydrogens (tertiary/aromatic N) is 1. The molecule has 0 fully saturated rings. The number of aromatic nitrogens is 1. The number of hydrogen-bond donors (Lipinski definition) is 1. The van der Waals surface area contributed by atoms with Crippen molar-refractivity contribution in [3.63, 3.8) is 0 Å². The lowest BCUT2D eigenvalue weighted by Crippen LogP contribution is -2.11. The summed E-state index contributed by atoms with van der Waals surface area (Å²) in [6.07, 6.45) is 0. The molecule has 0 aliphatic rings. The Kier molecular flexibility index (Phi) is 5.20. The molecule has 1 N–H and O–H groups in total. The Bertz CT molecular complexity index is 890. The van der Waals surface area contributed by atoms with Crippen LogP contribution < -0.4 is 5.32 Å². The molecule has 3 aromatic rings. The van der Waals surface area contributed by atoms with Gasteiger partial charge in [0, 0.05) is 22.2 Å². The van der Waals surface area contributed by atoms with E-state index in [4.69, 9.17) is 4.74 Å².